The summed E-state index contributed by atoms with van der Waals surface area (Å²) in [5.74, 6) is -0.598. The van der Waals surface area contributed by atoms with Gasteiger partial charge in [0, 0.05) is 12.8 Å². The molecule has 0 atom stereocenters. The van der Waals surface area contributed by atoms with Crippen molar-refractivity contribution in [1.82, 2.24) is 0 Å². The summed E-state index contributed by atoms with van der Waals surface area (Å²) >= 11 is 0. The lowest BCUT2D eigenvalue weighted by atomic mass is 10.1. The molecule has 5 nitrogen and oxygen atoms in total. The van der Waals surface area contributed by atoms with Crippen molar-refractivity contribution in [2.45, 2.75) is 187 Å². The van der Waals surface area contributed by atoms with E-state index in [9.17, 15) is 14.7 Å². The van der Waals surface area contributed by atoms with Gasteiger partial charge in [-0.15, -0.1) is 0 Å². The van der Waals surface area contributed by atoms with Gasteiger partial charge in [0.15, 0.2) is 0 Å². The molecule has 0 spiro atoms. The number of allylic oxidation sites excluding steroid dienone is 8. The molecule has 46 heavy (non-hydrogen) atoms. The molecule has 0 amide bonds. The minimum absolute atomic E-state index is 0.129. The first-order chi connectivity index (χ1) is 22.6. The normalized spacial score (nSPS) is 12.1. The van der Waals surface area contributed by atoms with Gasteiger partial charge in [0.2, 0.25) is 0 Å². The number of carbonyl (C=O) groups is 2. The van der Waals surface area contributed by atoms with Crippen LogP contribution in [-0.2, 0) is 19.1 Å². The number of carbonyl (C=O) groups excluding carboxylic acids is 2. The second kappa shape index (κ2) is 37.3. The number of ether oxygens (including phenoxy) is 2. The second-order valence-corrected chi connectivity index (χ2v) is 12.7. The Hall–Kier alpha value is -2.14. The standard InChI is InChI=1S/C41H72O5/c1-3-5-7-9-11-13-15-17-19-21-23-25-27-29-31-33-35-40(43)45-37-39(42)38-46-41(44)36-34-32-30-28-26-24-22-20-18-16-14-12-10-8-6-4-2/h13-16,19-22,39,42H,3-12,17-18,23-38H2,1-2H3/b15-13-,16-14-,21-19-,22-20-. The highest BCUT2D eigenvalue weighted by Gasteiger charge is 2.12. The molecule has 0 rings (SSSR count). The summed E-state index contributed by atoms with van der Waals surface area (Å²) in [6, 6.07) is 0. The molecular weight excluding hydrogens is 572 g/mol. The SMILES string of the molecule is CCCCCC/C=C\C/C=C\CCCCCCCC(=O)OCC(O)COC(=O)CCCCCCC/C=C\C/C=C\CCCCCC. The van der Waals surface area contributed by atoms with Gasteiger partial charge in [-0.2, -0.15) is 0 Å². The van der Waals surface area contributed by atoms with E-state index < -0.39 is 6.10 Å². The second-order valence-electron chi connectivity index (χ2n) is 12.7. The van der Waals surface area contributed by atoms with E-state index in [1.807, 2.05) is 0 Å². The third-order valence-corrected chi connectivity index (χ3v) is 8.04. The molecule has 266 valence electrons. The van der Waals surface area contributed by atoms with Crippen molar-refractivity contribution in [1.29, 1.82) is 0 Å². The van der Waals surface area contributed by atoms with Crippen LogP contribution in [0.3, 0.4) is 0 Å². The number of aliphatic hydroxyl groups excluding tert-OH is 1. The maximum absolute atomic E-state index is 11.9. The third-order valence-electron chi connectivity index (χ3n) is 8.04. The molecule has 0 radical (unpaired) electrons. The predicted octanol–water partition coefficient (Wildman–Crippen LogP) is 11.8. The zero-order chi connectivity index (χ0) is 33.6. The Balaban J connectivity index is 3.50. The molecule has 0 aromatic heterocycles. The van der Waals surface area contributed by atoms with Gasteiger partial charge in [-0.05, 0) is 77.0 Å². The Morgan fingerprint density at radius 1 is 0.457 bits per heavy atom. The van der Waals surface area contributed by atoms with E-state index in [1.165, 1.54) is 89.9 Å². The van der Waals surface area contributed by atoms with Gasteiger partial charge in [0.05, 0.1) is 0 Å². The fourth-order valence-electron chi connectivity index (χ4n) is 5.09. The van der Waals surface area contributed by atoms with Crippen LogP contribution in [0.15, 0.2) is 48.6 Å². The van der Waals surface area contributed by atoms with Gasteiger partial charge in [0.25, 0.3) is 0 Å². The van der Waals surface area contributed by atoms with Gasteiger partial charge in [0.1, 0.15) is 19.3 Å². The molecule has 1 N–H and O–H groups in total. The highest BCUT2D eigenvalue weighted by Crippen LogP contribution is 2.11. The summed E-state index contributed by atoms with van der Waals surface area (Å²) < 4.78 is 10.3. The maximum atomic E-state index is 11.9. The van der Waals surface area contributed by atoms with Gasteiger partial charge in [-0.25, -0.2) is 0 Å². The van der Waals surface area contributed by atoms with Crippen LogP contribution < -0.4 is 0 Å². The van der Waals surface area contributed by atoms with E-state index in [2.05, 4.69) is 62.5 Å². The van der Waals surface area contributed by atoms with Crippen molar-refractivity contribution in [3.63, 3.8) is 0 Å². The molecule has 5 heteroatoms. The lowest BCUT2D eigenvalue weighted by Crippen LogP contribution is -2.25. The predicted molar refractivity (Wildman–Crippen MR) is 196 cm³/mol. The van der Waals surface area contributed by atoms with Crippen LogP contribution in [0, 0.1) is 0 Å². The molecule has 0 aromatic carbocycles. The lowest BCUT2D eigenvalue weighted by molar-refractivity contribution is -0.152. The molecule has 0 saturated heterocycles. The summed E-state index contributed by atoms with van der Waals surface area (Å²) in [7, 11) is 0. The Bertz CT molecular complexity index is 718. The van der Waals surface area contributed by atoms with Crippen LogP contribution in [-0.4, -0.2) is 36.4 Å². The van der Waals surface area contributed by atoms with Gasteiger partial charge < -0.3 is 14.6 Å². The largest absolute Gasteiger partial charge is 0.463 e. The number of rotatable bonds is 34. The molecule has 0 unspecified atom stereocenters. The van der Waals surface area contributed by atoms with E-state index in [0.717, 1.165) is 64.2 Å². The van der Waals surface area contributed by atoms with Gasteiger partial charge >= 0.3 is 11.9 Å². The summed E-state index contributed by atoms with van der Waals surface area (Å²) in [6.07, 6.45) is 45.8. The number of unbranched alkanes of at least 4 members (excludes halogenated alkanes) is 18. The van der Waals surface area contributed by atoms with E-state index in [0.29, 0.717) is 12.8 Å². The first kappa shape index (κ1) is 43.9. The van der Waals surface area contributed by atoms with Crippen LogP contribution in [0.2, 0.25) is 0 Å². The highest BCUT2D eigenvalue weighted by molar-refractivity contribution is 5.69. The molecule has 0 heterocycles. The average molecular weight is 645 g/mol. The zero-order valence-electron chi connectivity index (χ0n) is 30.1. The number of esters is 2. The van der Waals surface area contributed by atoms with E-state index in [1.54, 1.807) is 0 Å². The van der Waals surface area contributed by atoms with E-state index in [-0.39, 0.29) is 25.2 Å². The number of hydrogen-bond acceptors (Lipinski definition) is 5. The molecule has 0 aromatic rings. The molecular formula is C41H72O5. The maximum Gasteiger partial charge on any atom is 0.305 e. The summed E-state index contributed by atoms with van der Waals surface area (Å²) in [4.78, 5) is 23.9. The third kappa shape index (κ3) is 36.3. The Labute approximate surface area is 284 Å². The number of hydrogen-bond donors (Lipinski definition) is 1. The lowest BCUT2D eigenvalue weighted by Gasteiger charge is -2.12. The molecule has 0 aliphatic rings. The number of aliphatic hydroxyl groups is 1. The van der Waals surface area contributed by atoms with Crippen molar-refractivity contribution in [3.8, 4) is 0 Å². The van der Waals surface area contributed by atoms with Crippen molar-refractivity contribution in [3.05, 3.63) is 48.6 Å². The monoisotopic (exact) mass is 645 g/mol. The molecule has 0 fully saturated rings. The van der Waals surface area contributed by atoms with Crippen LogP contribution in [0.4, 0.5) is 0 Å². The fraction of sp³-hybridized carbons (Fsp3) is 0.756. The van der Waals surface area contributed by atoms with Crippen molar-refractivity contribution < 1.29 is 24.2 Å². The van der Waals surface area contributed by atoms with E-state index >= 15 is 0 Å². The van der Waals surface area contributed by atoms with Crippen molar-refractivity contribution >= 4 is 11.9 Å². The Morgan fingerprint density at radius 2 is 0.761 bits per heavy atom. The average Bonchev–Trinajstić information content (AvgIpc) is 3.06. The van der Waals surface area contributed by atoms with E-state index in [4.69, 9.17) is 9.47 Å². The Kier molecular flexibility index (Phi) is 35.6. The van der Waals surface area contributed by atoms with Gasteiger partial charge in [-0.1, -0.05) is 140 Å². The van der Waals surface area contributed by atoms with Crippen molar-refractivity contribution in [2.75, 3.05) is 13.2 Å². The van der Waals surface area contributed by atoms with Crippen LogP contribution >= 0.6 is 0 Å². The van der Waals surface area contributed by atoms with Crippen LogP contribution in [0.1, 0.15) is 181 Å². The zero-order valence-corrected chi connectivity index (χ0v) is 30.1. The first-order valence-electron chi connectivity index (χ1n) is 19.2. The molecule has 0 aliphatic heterocycles. The summed E-state index contributed by atoms with van der Waals surface area (Å²) in [5, 5.41) is 10.00. The molecule has 0 aliphatic carbocycles. The molecule has 0 bridgehead atoms. The highest BCUT2D eigenvalue weighted by atomic mass is 16.6. The van der Waals surface area contributed by atoms with Crippen molar-refractivity contribution in [2.24, 2.45) is 0 Å². The quantitative estimate of drug-likeness (QED) is 0.0429. The molecule has 0 saturated carbocycles. The summed E-state index contributed by atoms with van der Waals surface area (Å²) in [6.45, 7) is 4.23. The summed E-state index contributed by atoms with van der Waals surface area (Å²) in [5.41, 5.74) is 0. The smallest absolute Gasteiger partial charge is 0.305 e. The minimum Gasteiger partial charge on any atom is -0.463 e. The minimum atomic E-state index is -0.975. The van der Waals surface area contributed by atoms with Crippen LogP contribution in [0.5, 0.6) is 0 Å². The topological polar surface area (TPSA) is 72.8 Å². The van der Waals surface area contributed by atoms with Gasteiger partial charge in [-0.3, -0.25) is 9.59 Å². The Morgan fingerprint density at radius 3 is 1.11 bits per heavy atom. The van der Waals surface area contributed by atoms with Crippen LogP contribution in [0.25, 0.3) is 0 Å². The fourth-order valence-corrected chi connectivity index (χ4v) is 5.09. The first-order valence-corrected chi connectivity index (χ1v) is 19.2.